The van der Waals surface area contributed by atoms with Crippen LogP contribution in [0.15, 0.2) is 30.3 Å². The SMILES string of the molecule is CCC(C)[C@@H]([C@@H](CC(=O)N1CCC[C@H]1[C@H](OC)[C@@H](C)C(=O)NC(Cc1ccccc1)C(=O)O)OC)N(C)C(=O)[C@@H](NC(=O)[C@H](C(C)C)N(C)C(C)S)C(C)C. The lowest BCUT2D eigenvalue weighted by Crippen LogP contribution is -2.60. The molecule has 1 saturated heterocycles. The molecule has 14 heteroatoms. The third-order valence-corrected chi connectivity index (χ3v) is 11.7. The topological polar surface area (TPSA) is 158 Å². The Bertz CT molecular complexity index is 1400. The quantitative estimate of drug-likeness (QED) is 0.100. The summed E-state index contributed by atoms with van der Waals surface area (Å²) < 4.78 is 11.9. The molecule has 0 radical (unpaired) electrons. The molecule has 0 spiro atoms. The zero-order chi connectivity index (χ0) is 41.7. The third kappa shape index (κ3) is 12.9. The normalized spacial score (nSPS) is 19.6. The molecule has 10 atom stereocenters. The van der Waals surface area contributed by atoms with Crippen molar-refractivity contribution in [2.45, 2.75) is 135 Å². The molecule has 1 aromatic rings. The summed E-state index contributed by atoms with van der Waals surface area (Å²) in [4.78, 5) is 73.1. The molecular weight excluding hydrogens is 723 g/mol. The number of nitrogens with zero attached hydrogens (tertiary/aromatic N) is 3. The minimum Gasteiger partial charge on any atom is -0.480 e. The van der Waals surface area contributed by atoms with Gasteiger partial charge in [-0.25, -0.2) is 4.79 Å². The van der Waals surface area contributed by atoms with Crippen LogP contribution in [0, 0.1) is 23.7 Å². The number of hydrogen-bond acceptors (Lipinski definition) is 9. The molecule has 0 saturated carbocycles. The van der Waals surface area contributed by atoms with E-state index in [0.29, 0.717) is 25.8 Å². The Morgan fingerprint density at radius 1 is 0.927 bits per heavy atom. The standard InChI is InChI=1S/C41H69N5O8S/c1-13-26(6)36(45(10)40(50)34(24(2)3)43-39(49)35(25(4)5)44(9)28(8)55)32(53-11)23-33(47)46-21-17-20-31(46)37(54-12)27(7)38(48)42-30(41(51)52)22-29-18-15-14-16-19-29/h14-16,18-19,24-28,30-32,34-37,55H,13,17,20-23H2,1-12H3,(H,42,48)(H,43,49)(H,51,52)/t26?,27-,28?,30?,31+,32-,34+,35+,36+,37-/m1/s1. The van der Waals surface area contributed by atoms with Gasteiger partial charge in [-0.1, -0.05) is 85.2 Å². The molecule has 1 aliphatic heterocycles. The zero-order valence-corrected chi connectivity index (χ0v) is 36.0. The molecule has 4 amide bonds. The van der Waals surface area contributed by atoms with Gasteiger partial charge >= 0.3 is 5.97 Å². The van der Waals surface area contributed by atoms with Gasteiger partial charge in [-0.2, -0.15) is 12.6 Å². The van der Waals surface area contributed by atoms with Crippen molar-refractivity contribution in [1.82, 2.24) is 25.3 Å². The Kier molecular flexibility index (Phi) is 19.6. The molecule has 1 aromatic carbocycles. The highest BCUT2D eigenvalue weighted by Crippen LogP contribution is 2.30. The van der Waals surface area contributed by atoms with Crippen molar-refractivity contribution in [3.8, 4) is 0 Å². The van der Waals surface area contributed by atoms with Gasteiger partial charge in [0, 0.05) is 34.2 Å². The van der Waals surface area contributed by atoms with Gasteiger partial charge < -0.3 is 35.0 Å². The Morgan fingerprint density at radius 2 is 1.55 bits per heavy atom. The van der Waals surface area contributed by atoms with Gasteiger partial charge in [-0.15, -0.1) is 0 Å². The first kappa shape index (κ1) is 48.0. The Morgan fingerprint density at radius 3 is 2.04 bits per heavy atom. The summed E-state index contributed by atoms with van der Waals surface area (Å²) in [5, 5.41) is 15.4. The van der Waals surface area contributed by atoms with Crippen LogP contribution in [0.25, 0.3) is 0 Å². The molecule has 0 aromatic heterocycles. The zero-order valence-electron chi connectivity index (χ0n) is 35.2. The summed E-state index contributed by atoms with van der Waals surface area (Å²) in [5.41, 5.74) is 0.783. The molecule has 3 N–H and O–H groups in total. The molecule has 13 nitrogen and oxygen atoms in total. The second kappa shape index (κ2) is 22.5. The highest BCUT2D eigenvalue weighted by Gasteiger charge is 2.43. The number of hydrogen-bond donors (Lipinski definition) is 4. The number of rotatable bonds is 22. The van der Waals surface area contributed by atoms with Gasteiger partial charge in [0.15, 0.2) is 0 Å². The first-order valence-corrected chi connectivity index (χ1v) is 20.2. The number of benzene rings is 1. The average molecular weight is 792 g/mol. The maximum atomic E-state index is 14.3. The molecule has 1 heterocycles. The first-order valence-electron chi connectivity index (χ1n) is 19.7. The average Bonchev–Trinajstić information content (AvgIpc) is 3.62. The predicted molar refractivity (Wildman–Crippen MR) is 217 cm³/mol. The number of likely N-dealkylation sites (tertiary alicyclic amines) is 1. The Labute approximate surface area is 335 Å². The van der Waals surface area contributed by atoms with E-state index in [2.05, 4.69) is 23.3 Å². The number of carbonyl (C=O) groups is 5. The van der Waals surface area contributed by atoms with Crippen LogP contribution in [0.3, 0.4) is 0 Å². The summed E-state index contributed by atoms with van der Waals surface area (Å²) >= 11 is 4.53. The first-order chi connectivity index (χ1) is 25.8. The second-order valence-corrected chi connectivity index (χ2v) is 16.6. The van der Waals surface area contributed by atoms with Crippen LogP contribution in [0.2, 0.25) is 0 Å². The summed E-state index contributed by atoms with van der Waals surface area (Å²) in [6, 6.07) is 5.74. The molecule has 1 aliphatic rings. The van der Waals surface area contributed by atoms with E-state index in [9.17, 15) is 29.1 Å². The van der Waals surface area contributed by atoms with E-state index >= 15 is 0 Å². The number of methoxy groups -OCH3 is 2. The number of nitrogens with one attached hydrogen (secondary N) is 2. The molecule has 312 valence electrons. The summed E-state index contributed by atoms with van der Waals surface area (Å²) in [7, 11) is 6.59. The maximum absolute atomic E-state index is 14.3. The minimum absolute atomic E-state index is 0.0203. The number of likely N-dealkylation sites (N-methyl/N-ethyl adjacent to an activating group) is 2. The molecule has 0 bridgehead atoms. The van der Waals surface area contributed by atoms with Gasteiger partial charge in [0.2, 0.25) is 23.6 Å². The van der Waals surface area contributed by atoms with Gasteiger partial charge in [0.25, 0.3) is 0 Å². The second-order valence-electron chi connectivity index (χ2n) is 15.9. The third-order valence-electron chi connectivity index (χ3n) is 11.3. The van der Waals surface area contributed by atoms with Crippen LogP contribution >= 0.6 is 12.6 Å². The van der Waals surface area contributed by atoms with Crippen molar-refractivity contribution in [2.75, 3.05) is 34.9 Å². The van der Waals surface area contributed by atoms with E-state index in [-0.39, 0.29) is 53.7 Å². The number of amides is 4. The fraction of sp³-hybridized carbons (Fsp3) is 0.732. The Hall–Kier alpha value is -3.20. The summed E-state index contributed by atoms with van der Waals surface area (Å²) in [6.45, 7) is 15.8. The van der Waals surface area contributed by atoms with Crippen LogP contribution in [-0.2, 0) is 39.9 Å². The van der Waals surface area contributed by atoms with Crippen molar-refractivity contribution in [3.63, 3.8) is 0 Å². The number of carboxylic acids is 1. The monoisotopic (exact) mass is 791 g/mol. The van der Waals surface area contributed by atoms with Crippen LogP contribution in [-0.4, -0.2) is 132 Å². The largest absolute Gasteiger partial charge is 0.480 e. The van der Waals surface area contributed by atoms with E-state index < -0.39 is 60.2 Å². The lowest BCUT2D eigenvalue weighted by Gasteiger charge is -2.41. The van der Waals surface area contributed by atoms with Crippen molar-refractivity contribution >= 4 is 42.2 Å². The number of ether oxygens (including phenoxy) is 2. The predicted octanol–water partition coefficient (Wildman–Crippen LogP) is 4.09. The van der Waals surface area contributed by atoms with E-state index in [0.717, 1.165) is 5.56 Å². The van der Waals surface area contributed by atoms with Gasteiger partial charge in [0.05, 0.1) is 48.0 Å². The minimum atomic E-state index is -1.14. The lowest BCUT2D eigenvalue weighted by atomic mass is 9.89. The van der Waals surface area contributed by atoms with Crippen molar-refractivity contribution in [2.24, 2.45) is 23.7 Å². The maximum Gasteiger partial charge on any atom is 0.326 e. The van der Waals surface area contributed by atoms with E-state index in [1.165, 1.54) is 14.2 Å². The highest BCUT2D eigenvalue weighted by molar-refractivity contribution is 7.80. The van der Waals surface area contributed by atoms with E-state index in [1.54, 1.807) is 23.8 Å². The number of carbonyl (C=O) groups excluding carboxylic acids is 4. The molecule has 55 heavy (non-hydrogen) atoms. The van der Waals surface area contributed by atoms with Crippen LogP contribution in [0.1, 0.15) is 86.6 Å². The smallest absolute Gasteiger partial charge is 0.326 e. The van der Waals surface area contributed by atoms with Gasteiger partial charge in [0.1, 0.15) is 12.1 Å². The summed E-state index contributed by atoms with van der Waals surface area (Å²) in [5.74, 6) is -3.38. The lowest BCUT2D eigenvalue weighted by molar-refractivity contribution is -0.148. The van der Waals surface area contributed by atoms with E-state index in [4.69, 9.17) is 9.47 Å². The fourth-order valence-electron chi connectivity index (χ4n) is 7.82. The molecule has 1 fully saturated rings. The fourth-order valence-corrected chi connectivity index (χ4v) is 7.96. The van der Waals surface area contributed by atoms with Crippen LogP contribution in [0.5, 0.6) is 0 Å². The summed E-state index contributed by atoms with van der Waals surface area (Å²) in [6.07, 6.45) is 0.764. The van der Waals surface area contributed by atoms with Crippen LogP contribution in [0.4, 0.5) is 0 Å². The number of thiol groups is 1. The van der Waals surface area contributed by atoms with Gasteiger partial charge in [-0.05, 0) is 50.1 Å². The Balaban J connectivity index is 2.29. The molecule has 0 aliphatic carbocycles. The highest BCUT2D eigenvalue weighted by atomic mass is 32.1. The van der Waals surface area contributed by atoms with Gasteiger partial charge in [-0.3, -0.25) is 24.1 Å². The molecular formula is C41H69N5O8S. The van der Waals surface area contributed by atoms with Crippen molar-refractivity contribution in [1.29, 1.82) is 0 Å². The van der Waals surface area contributed by atoms with Crippen LogP contribution < -0.4 is 10.6 Å². The van der Waals surface area contributed by atoms with E-state index in [1.807, 2.05) is 90.7 Å². The number of carboxylic acid groups (broad SMARTS) is 1. The number of aliphatic carboxylic acids is 1. The molecule has 2 rings (SSSR count). The molecule has 3 unspecified atom stereocenters. The van der Waals surface area contributed by atoms with Crippen molar-refractivity contribution < 1.29 is 38.6 Å². The van der Waals surface area contributed by atoms with Crippen molar-refractivity contribution in [3.05, 3.63) is 35.9 Å².